The Morgan fingerprint density at radius 3 is 1.05 bits per heavy atom. The minimum absolute atomic E-state index is 0.0969. The lowest BCUT2D eigenvalue weighted by Crippen LogP contribution is -2.30. The molecule has 356 valence electrons. The molecule has 1 unspecified atom stereocenters. The highest BCUT2D eigenvalue weighted by molar-refractivity contribution is 5.71. The van der Waals surface area contributed by atoms with Crippen molar-refractivity contribution in [3.05, 3.63) is 72.9 Å². The molecule has 0 aliphatic carbocycles. The lowest BCUT2D eigenvalue weighted by atomic mass is 10.1. The third-order valence-electron chi connectivity index (χ3n) is 11.0. The molecule has 0 radical (unpaired) electrons. The summed E-state index contributed by atoms with van der Waals surface area (Å²) in [6.07, 6.45) is 63.1. The topological polar surface area (TPSA) is 78.9 Å². The first-order valence-corrected chi connectivity index (χ1v) is 26.0. The second-order valence-electron chi connectivity index (χ2n) is 17.1. The number of hydrogen-bond donors (Lipinski definition) is 0. The number of carbonyl (C=O) groups excluding carboxylic acids is 3. The first-order valence-electron chi connectivity index (χ1n) is 26.0. The molecule has 0 amide bonds. The maximum absolute atomic E-state index is 12.8. The van der Waals surface area contributed by atoms with Gasteiger partial charge in [-0.1, -0.05) is 209 Å². The van der Waals surface area contributed by atoms with Crippen molar-refractivity contribution in [3.8, 4) is 0 Å². The predicted molar refractivity (Wildman–Crippen MR) is 265 cm³/mol. The van der Waals surface area contributed by atoms with Crippen molar-refractivity contribution in [1.82, 2.24) is 0 Å². The molecule has 0 bridgehead atoms. The molecule has 1 atom stereocenters. The van der Waals surface area contributed by atoms with Crippen LogP contribution >= 0.6 is 0 Å². The lowest BCUT2D eigenvalue weighted by Gasteiger charge is -2.18. The summed E-state index contributed by atoms with van der Waals surface area (Å²) in [5.74, 6) is -0.947. The van der Waals surface area contributed by atoms with E-state index < -0.39 is 6.10 Å². The van der Waals surface area contributed by atoms with E-state index in [0.29, 0.717) is 19.3 Å². The summed E-state index contributed by atoms with van der Waals surface area (Å²) >= 11 is 0. The van der Waals surface area contributed by atoms with Gasteiger partial charge in [0.2, 0.25) is 0 Å². The molecule has 62 heavy (non-hydrogen) atoms. The van der Waals surface area contributed by atoms with Gasteiger partial charge in [-0.3, -0.25) is 14.4 Å². The molecule has 0 spiro atoms. The Hall–Kier alpha value is -3.15. The van der Waals surface area contributed by atoms with Crippen molar-refractivity contribution in [2.75, 3.05) is 13.2 Å². The van der Waals surface area contributed by atoms with E-state index in [1.165, 1.54) is 89.9 Å². The van der Waals surface area contributed by atoms with Crippen LogP contribution < -0.4 is 0 Å². The molecule has 0 fully saturated rings. The fourth-order valence-corrected chi connectivity index (χ4v) is 7.07. The van der Waals surface area contributed by atoms with Crippen LogP contribution in [0.3, 0.4) is 0 Å². The van der Waals surface area contributed by atoms with Crippen LogP contribution in [0.1, 0.15) is 245 Å². The van der Waals surface area contributed by atoms with Gasteiger partial charge in [-0.15, -0.1) is 0 Å². The molecule has 6 nitrogen and oxygen atoms in total. The van der Waals surface area contributed by atoms with E-state index in [9.17, 15) is 14.4 Å². The fraction of sp³-hybridized carbons (Fsp3) is 0.732. The molecule has 6 heteroatoms. The van der Waals surface area contributed by atoms with E-state index in [1.54, 1.807) is 0 Å². The van der Waals surface area contributed by atoms with Crippen LogP contribution in [0, 0.1) is 0 Å². The largest absolute Gasteiger partial charge is 0.462 e. The van der Waals surface area contributed by atoms with Gasteiger partial charge in [-0.2, -0.15) is 0 Å². The average molecular weight is 865 g/mol. The van der Waals surface area contributed by atoms with Crippen LogP contribution in [-0.4, -0.2) is 37.2 Å². The van der Waals surface area contributed by atoms with Crippen molar-refractivity contribution in [3.63, 3.8) is 0 Å². The van der Waals surface area contributed by atoms with Gasteiger partial charge in [-0.25, -0.2) is 0 Å². The first kappa shape index (κ1) is 58.9. The smallest absolute Gasteiger partial charge is 0.306 e. The van der Waals surface area contributed by atoms with Crippen LogP contribution in [0.5, 0.6) is 0 Å². The summed E-state index contributed by atoms with van der Waals surface area (Å²) < 4.78 is 16.7. The quantitative estimate of drug-likeness (QED) is 0.0199. The van der Waals surface area contributed by atoms with Gasteiger partial charge in [0, 0.05) is 19.3 Å². The second-order valence-corrected chi connectivity index (χ2v) is 17.1. The van der Waals surface area contributed by atoms with Gasteiger partial charge >= 0.3 is 17.9 Å². The molecular weight excluding hydrogens is 769 g/mol. The van der Waals surface area contributed by atoms with Crippen LogP contribution in [0.2, 0.25) is 0 Å². The van der Waals surface area contributed by atoms with Gasteiger partial charge in [0.05, 0.1) is 0 Å². The molecule has 0 aliphatic heterocycles. The predicted octanol–water partition coefficient (Wildman–Crippen LogP) is 17.0. The minimum Gasteiger partial charge on any atom is -0.462 e. The van der Waals surface area contributed by atoms with E-state index in [2.05, 4.69) is 93.7 Å². The zero-order valence-electron chi connectivity index (χ0n) is 40.6. The third-order valence-corrected chi connectivity index (χ3v) is 11.0. The highest BCUT2D eigenvalue weighted by Gasteiger charge is 2.19. The van der Waals surface area contributed by atoms with E-state index in [1.807, 2.05) is 0 Å². The molecule has 0 heterocycles. The summed E-state index contributed by atoms with van der Waals surface area (Å²) in [6, 6.07) is 0. The normalized spacial score (nSPS) is 12.6. The highest BCUT2D eigenvalue weighted by Crippen LogP contribution is 2.14. The molecule has 0 rings (SSSR count). The molecule has 0 aromatic carbocycles. The van der Waals surface area contributed by atoms with Gasteiger partial charge < -0.3 is 14.2 Å². The minimum atomic E-state index is -0.797. The zero-order valence-corrected chi connectivity index (χ0v) is 40.6. The van der Waals surface area contributed by atoms with Crippen molar-refractivity contribution in [2.45, 2.75) is 252 Å². The Morgan fingerprint density at radius 1 is 0.339 bits per heavy atom. The van der Waals surface area contributed by atoms with E-state index in [-0.39, 0.29) is 31.1 Å². The van der Waals surface area contributed by atoms with Gasteiger partial charge in [0.1, 0.15) is 13.2 Å². The molecule has 0 N–H and O–H groups in total. The summed E-state index contributed by atoms with van der Waals surface area (Å²) in [5, 5.41) is 0. The van der Waals surface area contributed by atoms with Gasteiger partial charge in [0.25, 0.3) is 0 Å². The molecule has 0 saturated heterocycles. The monoisotopic (exact) mass is 865 g/mol. The SMILES string of the molecule is CC/C=C/C=C/C=C/CCCCCCCC(=O)OC(COC(=O)CCCCC/C=C/CCCCCCCC)COC(=O)CCCCCCC/C=C/C=C/CCCCCCCCC. The Bertz CT molecular complexity index is 1180. The second kappa shape index (κ2) is 50.5. The summed E-state index contributed by atoms with van der Waals surface area (Å²) in [7, 11) is 0. The number of unbranched alkanes of at least 4 members (excludes halogenated alkanes) is 26. The Balaban J connectivity index is 4.43. The molecule has 0 aromatic rings. The lowest BCUT2D eigenvalue weighted by molar-refractivity contribution is -0.167. The number of esters is 3. The van der Waals surface area contributed by atoms with Crippen molar-refractivity contribution in [2.24, 2.45) is 0 Å². The summed E-state index contributed by atoms with van der Waals surface area (Å²) in [5.41, 5.74) is 0. The molecule has 0 aliphatic rings. The van der Waals surface area contributed by atoms with Crippen molar-refractivity contribution in [1.29, 1.82) is 0 Å². The van der Waals surface area contributed by atoms with Crippen LogP contribution in [0.15, 0.2) is 72.9 Å². The van der Waals surface area contributed by atoms with Gasteiger partial charge in [0.15, 0.2) is 6.10 Å². The highest BCUT2D eigenvalue weighted by atomic mass is 16.6. The molecule has 0 saturated carbocycles. The van der Waals surface area contributed by atoms with E-state index in [0.717, 1.165) is 116 Å². The number of rotatable bonds is 46. The average Bonchev–Trinajstić information content (AvgIpc) is 3.27. The standard InChI is InChI=1S/C56H96O6/c1-4-7-10-13-16-19-22-25-26-27-28-29-32-34-37-40-43-46-49-55(58)61-52-53(62-56(59)50-47-44-41-38-35-31-24-21-18-15-12-9-6-3)51-60-54(57)48-45-42-39-36-33-30-23-20-17-14-11-8-5-2/h9,12,15,18,21,24,26-30,33,53H,4-8,10-11,13-14,16-17,19-20,22-23,25,31-32,34-52H2,1-3H3/b12-9+,18-15+,24-21+,27-26+,29-28+,33-30+. The Labute approximate surface area is 382 Å². The Morgan fingerprint density at radius 2 is 0.645 bits per heavy atom. The molecule has 0 aromatic heterocycles. The maximum Gasteiger partial charge on any atom is 0.306 e. The maximum atomic E-state index is 12.8. The summed E-state index contributed by atoms with van der Waals surface area (Å²) in [4.78, 5) is 37.9. The van der Waals surface area contributed by atoms with E-state index >= 15 is 0 Å². The van der Waals surface area contributed by atoms with Gasteiger partial charge in [-0.05, 0) is 89.9 Å². The number of hydrogen-bond acceptors (Lipinski definition) is 6. The van der Waals surface area contributed by atoms with Crippen molar-refractivity contribution >= 4 is 17.9 Å². The third kappa shape index (κ3) is 47.9. The summed E-state index contributed by atoms with van der Waals surface area (Å²) in [6.45, 7) is 6.45. The number of carbonyl (C=O) groups is 3. The van der Waals surface area contributed by atoms with Crippen LogP contribution in [-0.2, 0) is 28.6 Å². The fourth-order valence-electron chi connectivity index (χ4n) is 7.07. The molecular formula is C56H96O6. The Kier molecular flexibility index (Phi) is 47.9. The number of allylic oxidation sites excluding steroid dienone is 12. The number of ether oxygens (including phenoxy) is 3. The van der Waals surface area contributed by atoms with Crippen LogP contribution in [0.4, 0.5) is 0 Å². The first-order chi connectivity index (χ1) is 30.5. The van der Waals surface area contributed by atoms with E-state index in [4.69, 9.17) is 14.2 Å². The zero-order chi connectivity index (χ0) is 45.1. The van der Waals surface area contributed by atoms with Crippen LogP contribution in [0.25, 0.3) is 0 Å². The van der Waals surface area contributed by atoms with Crippen molar-refractivity contribution < 1.29 is 28.6 Å².